The number of hydrogen-bond acceptors (Lipinski definition) is 5. The monoisotopic (exact) mass is 456 g/mol. The third-order valence-corrected chi connectivity index (χ3v) is 5.29. The number of nitrogens with zero attached hydrogens (tertiary/aromatic N) is 2. The Labute approximate surface area is 192 Å². The average Bonchev–Trinajstić information content (AvgIpc) is 3.30. The van der Waals surface area contributed by atoms with E-state index in [2.05, 4.69) is 15.6 Å². The van der Waals surface area contributed by atoms with Crippen LogP contribution in [-0.2, 0) is 25.7 Å². The van der Waals surface area contributed by atoms with Gasteiger partial charge in [0.1, 0.15) is 11.6 Å². The van der Waals surface area contributed by atoms with Crippen molar-refractivity contribution >= 4 is 23.5 Å². The fourth-order valence-electron chi connectivity index (χ4n) is 3.51. The molecule has 1 aliphatic rings. The summed E-state index contributed by atoms with van der Waals surface area (Å²) < 4.78 is 18.7. The predicted octanol–water partition coefficient (Wildman–Crippen LogP) is 2.57. The second-order valence-corrected chi connectivity index (χ2v) is 8.08. The highest BCUT2D eigenvalue weighted by Gasteiger charge is 2.24. The van der Waals surface area contributed by atoms with Crippen molar-refractivity contribution in [3.05, 3.63) is 59.5 Å². The van der Waals surface area contributed by atoms with Crippen LogP contribution < -0.4 is 10.6 Å². The fraction of sp³-hybridized carbons (Fsp3) is 0.417. The second kappa shape index (κ2) is 12.1. The molecule has 8 nitrogen and oxygen atoms in total. The van der Waals surface area contributed by atoms with Crippen molar-refractivity contribution < 1.29 is 23.5 Å². The molecule has 0 saturated carbocycles. The van der Waals surface area contributed by atoms with Crippen LogP contribution in [0.3, 0.4) is 0 Å². The lowest BCUT2D eigenvalue weighted by molar-refractivity contribution is -0.138. The molecule has 1 atom stereocenters. The van der Waals surface area contributed by atoms with Gasteiger partial charge in [0.25, 0.3) is 0 Å². The molecule has 9 heteroatoms. The van der Waals surface area contributed by atoms with E-state index in [0.29, 0.717) is 19.0 Å². The Hall–Kier alpha value is -3.33. The van der Waals surface area contributed by atoms with Crippen molar-refractivity contribution in [1.29, 1.82) is 0 Å². The van der Waals surface area contributed by atoms with Gasteiger partial charge in [-0.25, -0.2) is 9.37 Å². The summed E-state index contributed by atoms with van der Waals surface area (Å²) in [5.41, 5.74) is 1.72. The molecule has 2 N–H and O–H groups in total. The maximum atomic E-state index is 13.0. The van der Waals surface area contributed by atoms with Crippen LogP contribution in [0.15, 0.2) is 42.6 Å². The van der Waals surface area contributed by atoms with Gasteiger partial charge < -0.3 is 20.3 Å². The molecule has 2 aromatic rings. The smallest absolute Gasteiger partial charge is 0.239 e. The molecule has 1 aliphatic heterocycles. The van der Waals surface area contributed by atoms with E-state index in [0.717, 1.165) is 24.0 Å². The molecule has 0 spiro atoms. The molecule has 1 fully saturated rings. The first-order valence-corrected chi connectivity index (χ1v) is 11.0. The molecule has 33 heavy (non-hydrogen) atoms. The third-order valence-electron chi connectivity index (χ3n) is 5.29. The minimum atomic E-state index is -0.347. The Bertz CT molecular complexity index is 961. The Balaban J connectivity index is 1.51. The lowest BCUT2D eigenvalue weighted by Crippen LogP contribution is -2.44. The van der Waals surface area contributed by atoms with Gasteiger partial charge in [0.05, 0.1) is 12.6 Å². The number of hydrogen-bond donors (Lipinski definition) is 2. The van der Waals surface area contributed by atoms with Crippen LogP contribution in [0.4, 0.5) is 10.2 Å². The van der Waals surface area contributed by atoms with Crippen molar-refractivity contribution in [2.24, 2.45) is 0 Å². The van der Waals surface area contributed by atoms with Crippen LogP contribution in [0.5, 0.6) is 0 Å². The Kier molecular flexibility index (Phi) is 8.88. The first-order chi connectivity index (χ1) is 15.9. The molecule has 0 aliphatic carbocycles. The first kappa shape index (κ1) is 24.3. The van der Waals surface area contributed by atoms with Crippen LogP contribution in [0, 0.1) is 12.7 Å². The van der Waals surface area contributed by atoms with Crippen LogP contribution in [0.1, 0.15) is 36.8 Å². The zero-order valence-electron chi connectivity index (χ0n) is 18.7. The first-order valence-electron chi connectivity index (χ1n) is 11.0. The maximum absolute atomic E-state index is 13.0. The fourth-order valence-corrected chi connectivity index (χ4v) is 3.51. The topological polar surface area (TPSA) is 101 Å². The van der Waals surface area contributed by atoms with E-state index in [1.54, 1.807) is 24.4 Å². The summed E-state index contributed by atoms with van der Waals surface area (Å²) >= 11 is 0. The van der Waals surface area contributed by atoms with E-state index in [1.807, 2.05) is 13.0 Å². The number of ether oxygens (including phenoxy) is 1. The average molecular weight is 457 g/mol. The van der Waals surface area contributed by atoms with Crippen LogP contribution in [-0.4, -0.2) is 53.4 Å². The van der Waals surface area contributed by atoms with Gasteiger partial charge >= 0.3 is 0 Å². The zero-order valence-corrected chi connectivity index (χ0v) is 18.7. The molecule has 0 radical (unpaired) electrons. The van der Waals surface area contributed by atoms with Crippen molar-refractivity contribution in [3.8, 4) is 0 Å². The highest BCUT2D eigenvalue weighted by molar-refractivity contribution is 5.93. The van der Waals surface area contributed by atoms with Crippen LogP contribution in [0.2, 0.25) is 0 Å². The summed E-state index contributed by atoms with van der Waals surface area (Å²) in [6.07, 6.45) is 3.16. The van der Waals surface area contributed by atoms with Gasteiger partial charge in [0.15, 0.2) is 0 Å². The molecule has 1 aromatic heterocycles. The predicted molar refractivity (Wildman–Crippen MR) is 121 cm³/mol. The van der Waals surface area contributed by atoms with E-state index >= 15 is 0 Å². The van der Waals surface area contributed by atoms with E-state index in [9.17, 15) is 18.8 Å². The van der Waals surface area contributed by atoms with Gasteiger partial charge in [-0.05, 0) is 55.2 Å². The van der Waals surface area contributed by atoms with E-state index < -0.39 is 0 Å². The molecular formula is C24H29FN4O4. The van der Waals surface area contributed by atoms with Crippen LogP contribution in [0.25, 0.3) is 0 Å². The number of carbonyl (C=O) groups is 3. The number of pyridine rings is 1. The normalized spacial score (nSPS) is 15.2. The molecule has 1 saturated heterocycles. The van der Waals surface area contributed by atoms with Gasteiger partial charge in [-0.1, -0.05) is 12.1 Å². The summed E-state index contributed by atoms with van der Waals surface area (Å²) in [7, 11) is 0. The van der Waals surface area contributed by atoms with Crippen molar-refractivity contribution in [3.63, 3.8) is 0 Å². The standard InChI is InChI=1S/C24H29FN4O4/c1-17-10-11-26-21(13-17)28-22(30)8-9-24(32)29(15-20-3-2-12-33-20)16-23(31)27-14-18-4-6-19(25)7-5-18/h4-7,10-11,13,20H,2-3,8-9,12,14-16H2,1H3,(H,27,31)(H,26,28,30)/t20-/m1/s1. The highest BCUT2D eigenvalue weighted by atomic mass is 19.1. The number of aromatic nitrogens is 1. The summed E-state index contributed by atoms with van der Waals surface area (Å²) in [5.74, 6) is -0.863. The number of amides is 3. The van der Waals surface area contributed by atoms with Gasteiger partial charge in [-0.3, -0.25) is 14.4 Å². The van der Waals surface area contributed by atoms with Crippen molar-refractivity contribution in [2.45, 2.75) is 45.3 Å². The molecule has 176 valence electrons. The Morgan fingerprint density at radius 1 is 1.15 bits per heavy atom. The van der Waals surface area contributed by atoms with Crippen LogP contribution >= 0.6 is 0 Å². The summed E-state index contributed by atoms with van der Waals surface area (Å²) in [5, 5.41) is 5.43. The quantitative estimate of drug-likeness (QED) is 0.572. The van der Waals surface area contributed by atoms with E-state index in [1.165, 1.54) is 17.0 Å². The molecule has 3 amide bonds. The maximum Gasteiger partial charge on any atom is 0.239 e. The molecule has 1 aromatic carbocycles. The van der Waals surface area contributed by atoms with E-state index in [4.69, 9.17) is 4.74 Å². The summed E-state index contributed by atoms with van der Waals surface area (Å²) in [6.45, 7) is 2.91. The number of halogens is 1. The summed E-state index contributed by atoms with van der Waals surface area (Å²) in [6, 6.07) is 9.40. The molecule has 0 unspecified atom stereocenters. The van der Waals surface area contributed by atoms with Gasteiger partial charge in [-0.2, -0.15) is 0 Å². The Morgan fingerprint density at radius 3 is 2.64 bits per heavy atom. The lowest BCUT2D eigenvalue weighted by atomic mass is 10.2. The van der Waals surface area contributed by atoms with Gasteiger partial charge in [0, 0.05) is 38.7 Å². The molecule has 0 bridgehead atoms. The minimum Gasteiger partial charge on any atom is -0.376 e. The largest absolute Gasteiger partial charge is 0.376 e. The molecule has 3 rings (SSSR count). The number of carbonyl (C=O) groups excluding carboxylic acids is 3. The van der Waals surface area contributed by atoms with Crippen molar-refractivity contribution in [1.82, 2.24) is 15.2 Å². The third kappa shape index (κ3) is 8.27. The SMILES string of the molecule is Cc1ccnc(NC(=O)CCC(=O)N(CC(=O)NCc2ccc(F)cc2)C[C@H]2CCCO2)c1. The second-order valence-electron chi connectivity index (χ2n) is 8.08. The number of aryl methyl sites for hydroxylation is 1. The number of benzene rings is 1. The Morgan fingerprint density at radius 2 is 1.94 bits per heavy atom. The van der Waals surface area contributed by atoms with Crippen molar-refractivity contribution in [2.75, 3.05) is 25.0 Å². The minimum absolute atomic E-state index is 0.0202. The van der Waals surface area contributed by atoms with Gasteiger partial charge in [0.2, 0.25) is 17.7 Å². The number of rotatable bonds is 10. The zero-order chi connectivity index (χ0) is 23.6. The molecular weight excluding hydrogens is 427 g/mol. The number of nitrogens with one attached hydrogen (secondary N) is 2. The lowest BCUT2D eigenvalue weighted by Gasteiger charge is -2.25. The number of anilines is 1. The summed E-state index contributed by atoms with van der Waals surface area (Å²) in [4.78, 5) is 43.1. The highest BCUT2D eigenvalue weighted by Crippen LogP contribution is 2.14. The van der Waals surface area contributed by atoms with E-state index in [-0.39, 0.29) is 55.6 Å². The van der Waals surface area contributed by atoms with Gasteiger partial charge in [-0.15, -0.1) is 0 Å². The molecule has 2 heterocycles.